The van der Waals surface area contributed by atoms with E-state index in [4.69, 9.17) is 9.47 Å². The van der Waals surface area contributed by atoms with Crippen LogP contribution in [0.2, 0.25) is 0 Å². The predicted molar refractivity (Wildman–Crippen MR) is 94.9 cm³/mol. The molecule has 0 fully saturated rings. The van der Waals surface area contributed by atoms with Gasteiger partial charge in [-0.25, -0.2) is 0 Å². The van der Waals surface area contributed by atoms with Crippen LogP contribution < -0.4 is 4.74 Å². The Morgan fingerprint density at radius 1 is 1.00 bits per heavy atom. The minimum atomic E-state index is -1.23. The number of carbonyl (C=O) groups excluding carboxylic acids is 2. The summed E-state index contributed by atoms with van der Waals surface area (Å²) in [5.74, 6) is -0.541. The first-order chi connectivity index (χ1) is 11.5. The van der Waals surface area contributed by atoms with Crippen LogP contribution in [-0.4, -0.2) is 18.5 Å². The maximum absolute atomic E-state index is 12.7. The molecule has 0 atom stereocenters. The third-order valence-electron chi connectivity index (χ3n) is 4.42. The van der Waals surface area contributed by atoms with Gasteiger partial charge in [0, 0.05) is 0 Å². The fraction of sp³-hybridized carbons (Fsp3) is 0.600. The van der Waals surface area contributed by atoms with Gasteiger partial charge in [0.05, 0.1) is 6.61 Å². The molecule has 0 aliphatic heterocycles. The predicted octanol–water partition coefficient (Wildman–Crippen LogP) is 4.83. The minimum absolute atomic E-state index is 0.359. The molecule has 1 aromatic carbocycles. The molecule has 134 valence electrons. The van der Waals surface area contributed by atoms with E-state index in [1.165, 1.54) is 0 Å². The van der Waals surface area contributed by atoms with E-state index in [9.17, 15) is 9.59 Å². The Morgan fingerprint density at radius 2 is 1.71 bits per heavy atom. The normalized spacial score (nSPS) is 11.2. The largest absolute Gasteiger partial charge is 0.465 e. The van der Waals surface area contributed by atoms with Gasteiger partial charge in [-0.15, -0.1) is 0 Å². The zero-order valence-corrected chi connectivity index (χ0v) is 15.4. The molecule has 0 amide bonds. The number of esters is 2. The molecule has 4 heteroatoms. The molecule has 1 rings (SSSR count). The molecule has 0 saturated carbocycles. The number of unbranched alkanes of at least 4 members (excludes halogenated alkanes) is 3. The van der Waals surface area contributed by atoms with Gasteiger partial charge >= 0.3 is 11.9 Å². The first-order valence-electron chi connectivity index (χ1n) is 8.96. The van der Waals surface area contributed by atoms with Crippen LogP contribution in [0.3, 0.4) is 0 Å². The molecular weight excluding hydrogens is 304 g/mol. The SMILES string of the molecule is CCCCCCOC(=O)C(CC)(CC)C(=O)Oc1cccc(C)c1. The van der Waals surface area contributed by atoms with Crippen LogP contribution in [-0.2, 0) is 14.3 Å². The maximum atomic E-state index is 12.7. The Labute approximate surface area is 145 Å². The van der Waals surface area contributed by atoms with Crippen LogP contribution in [0.25, 0.3) is 0 Å². The third kappa shape index (κ3) is 5.36. The third-order valence-corrected chi connectivity index (χ3v) is 4.42. The molecular formula is C20H30O4. The quantitative estimate of drug-likeness (QED) is 0.266. The molecule has 0 aliphatic carbocycles. The van der Waals surface area contributed by atoms with E-state index in [1.807, 2.05) is 32.9 Å². The summed E-state index contributed by atoms with van der Waals surface area (Å²) in [5, 5.41) is 0. The average Bonchev–Trinajstić information content (AvgIpc) is 2.56. The molecule has 0 radical (unpaired) electrons. The van der Waals surface area contributed by atoms with Crippen molar-refractivity contribution in [2.75, 3.05) is 6.61 Å². The van der Waals surface area contributed by atoms with Crippen LogP contribution in [0.5, 0.6) is 5.75 Å². The van der Waals surface area contributed by atoms with E-state index in [1.54, 1.807) is 12.1 Å². The lowest BCUT2D eigenvalue weighted by atomic mass is 9.82. The van der Waals surface area contributed by atoms with Crippen LogP contribution in [0, 0.1) is 12.3 Å². The summed E-state index contributed by atoms with van der Waals surface area (Å²) >= 11 is 0. The van der Waals surface area contributed by atoms with E-state index < -0.39 is 17.4 Å². The first kappa shape index (κ1) is 20.2. The summed E-state index contributed by atoms with van der Waals surface area (Å²) in [6, 6.07) is 7.25. The van der Waals surface area contributed by atoms with Crippen LogP contribution in [0.1, 0.15) is 64.9 Å². The van der Waals surface area contributed by atoms with Crippen LogP contribution >= 0.6 is 0 Å². The summed E-state index contributed by atoms with van der Waals surface area (Å²) in [6.07, 6.45) is 4.84. The second-order valence-corrected chi connectivity index (χ2v) is 6.19. The number of aryl methyl sites for hydroxylation is 1. The number of benzene rings is 1. The molecule has 0 N–H and O–H groups in total. The number of hydrogen-bond donors (Lipinski definition) is 0. The Bertz CT molecular complexity index is 532. The first-order valence-corrected chi connectivity index (χ1v) is 8.96. The van der Waals surface area contributed by atoms with Crippen molar-refractivity contribution < 1.29 is 19.1 Å². The van der Waals surface area contributed by atoms with Gasteiger partial charge in [-0.2, -0.15) is 0 Å². The van der Waals surface area contributed by atoms with Gasteiger partial charge < -0.3 is 9.47 Å². The molecule has 1 aromatic rings. The van der Waals surface area contributed by atoms with Crippen molar-refractivity contribution in [1.82, 2.24) is 0 Å². The Balaban J connectivity index is 2.74. The molecule has 0 spiro atoms. The molecule has 0 heterocycles. The highest BCUT2D eigenvalue weighted by Gasteiger charge is 2.46. The fourth-order valence-corrected chi connectivity index (χ4v) is 2.63. The van der Waals surface area contributed by atoms with Gasteiger partial charge in [0.25, 0.3) is 0 Å². The lowest BCUT2D eigenvalue weighted by molar-refractivity contribution is -0.168. The number of hydrogen-bond acceptors (Lipinski definition) is 4. The van der Waals surface area contributed by atoms with E-state index in [-0.39, 0.29) is 0 Å². The zero-order chi connectivity index (χ0) is 18.0. The minimum Gasteiger partial charge on any atom is -0.465 e. The average molecular weight is 334 g/mol. The summed E-state index contributed by atoms with van der Waals surface area (Å²) in [5.41, 5.74) is -0.230. The summed E-state index contributed by atoms with van der Waals surface area (Å²) in [6.45, 7) is 8.05. The molecule has 4 nitrogen and oxygen atoms in total. The van der Waals surface area contributed by atoms with Crippen molar-refractivity contribution in [1.29, 1.82) is 0 Å². The fourth-order valence-electron chi connectivity index (χ4n) is 2.63. The van der Waals surface area contributed by atoms with E-state index in [0.29, 0.717) is 25.2 Å². The standard InChI is InChI=1S/C20H30O4/c1-5-8-9-10-14-23-18(21)20(6-2,7-3)19(22)24-17-13-11-12-16(4)15-17/h11-13,15H,5-10,14H2,1-4H3. The second kappa shape index (κ2) is 10.1. The number of ether oxygens (including phenoxy) is 2. The van der Waals surface area contributed by atoms with Crippen molar-refractivity contribution in [3.63, 3.8) is 0 Å². The summed E-state index contributed by atoms with van der Waals surface area (Å²) in [4.78, 5) is 25.2. The van der Waals surface area contributed by atoms with E-state index in [0.717, 1.165) is 31.2 Å². The Kier molecular flexibility index (Phi) is 8.51. The lowest BCUT2D eigenvalue weighted by Crippen LogP contribution is -2.42. The van der Waals surface area contributed by atoms with Gasteiger partial charge in [-0.05, 0) is 43.9 Å². The van der Waals surface area contributed by atoms with Crippen LogP contribution in [0.4, 0.5) is 0 Å². The molecule has 0 aromatic heterocycles. The lowest BCUT2D eigenvalue weighted by Gasteiger charge is -2.26. The second-order valence-electron chi connectivity index (χ2n) is 6.19. The van der Waals surface area contributed by atoms with Crippen molar-refractivity contribution in [2.45, 2.75) is 66.2 Å². The van der Waals surface area contributed by atoms with Gasteiger partial charge in [0.2, 0.25) is 0 Å². The van der Waals surface area contributed by atoms with Crippen molar-refractivity contribution in [3.05, 3.63) is 29.8 Å². The van der Waals surface area contributed by atoms with E-state index in [2.05, 4.69) is 6.92 Å². The Morgan fingerprint density at radius 3 is 2.29 bits per heavy atom. The Hall–Kier alpha value is -1.84. The smallest absolute Gasteiger partial charge is 0.328 e. The molecule has 0 unspecified atom stereocenters. The molecule has 24 heavy (non-hydrogen) atoms. The highest BCUT2D eigenvalue weighted by atomic mass is 16.6. The molecule has 0 bridgehead atoms. The molecule has 0 saturated heterocycles. The van der Waals surface area contributed by atoms with Crippen LogP contribution in [0.15, 0.2) is 24.3 Å². The van der Waals surface area contributed by atoms with E-state index >= 15 is 0 Å². The van der Waals surface area contributed by atoms with Crippen molar-refractivity contribution in [2.24, 2.45) is 5.41 Å². The van der Waals surface area contributed by atoms with Gasteiger partial charge in [-0.3, -0.25) is 9.59 Å². The van der Waals surface area contributed by atoms with Gasteiger partial charge in [0.1, 0.15) is 5.75 Å². The van der Waals surface area contributed by atoms with Crippen molar-refractivity contribution in [3.8, 4) is 5.75 Å². The summed E-state index contributed by atoms with van der Waals surface area (Å²) in [7, 11) is 0. The van der Waals surface area contributed by atoms with Gasteiger partial charge in [0.15, 0.2) is 5.41 Å². The number of carbonyl (C=O) groups is 2. The maximum Gasteiger partial charge on any atom is 0.328 e. The zero-order valence-electron chi connectivity index (χ0n) is 15.4. The summed E-state index contributed by atoms with van der Waals surface area (Å²) < 4.78 is 10.8. The topological polar surface area (TPSA) is 52.6 Å². The highest BCUT2D eigenvalue weighted by molar-refractivity contribution is 6.00. The molecule has 0 aliphatic rings. The monoisotopic (exact) mass is 334 g/mol. The van der Waals surface area contributed by atoms with Gasteiger partial charge in [-0.1, -0.05) is 52.2 Å². The number of rotatable bonds is 10. The van der Waals surface area contributed by atoms with Crippen molar-refractivity contribution >= 4 is 11.9 Å². The highest BCUT2D eigenvalue weighted by Crippen LogP contribution is 2.31.